The van der Waals surface area contributed by atoms with Crippen LogP contribution in [0.25, 0.3) is 6.20 Å². The molecule has 0 saturated heterocycles. The zero-order chi connectivity index (χ0) is 8.39. The molecule has 1 aromatic rings. The van der Waals surface area contributed by atoms with E-state index in [2.05, 4.69) is 16.2 Å². The predicted molar refractivity (Wildman–Crippen MR) is 44.0 cm³/mol. The Morgan fingerprint density at radius 2 is 2.25 bits per heavy atom. The lowest BCUT2D eigenvalue weighted by atomic mass is 10.3. The fourth-order valence-electron chi connectivity index (χ4n) is 1.04. The van der Waals surface area contributed by atoms with Gasteiger partial charge in [0.05, 0.1) is 11.6 Å². The van der Waals surface area contributed by atoms with Gasteiger partial charge in [-0.2, -0.15) is 15.8 Å². The smallest absolute Gasteiger partial charge is 0.0938 e. The molecule has 0 aliphatic carbocycles. The van der Waals surface area contributed by atoms with Gasteiger partial charge in [0.1, 0.15) is 0 Å². The number of nitrogens with one attached hydrogen (secondary N) is 2. The van der Waals surface area contributed by atoms with E-state index >= 15 is 0 Å². The fourth-order valence-corrected chi connectivity index (χ4v) is 1.04. The average Bonchev–Trinajstić information content (AvgIpc) is 2.17. The lowest BCUT2D eigenvalue weighted by Gasteiger charge is -2.18. The van der Waals surface area contributed by atoms with Crippen molar-refractivity contribution < 1.29 is 0 Å². The number of nitrogens with two attached hydrogens (primary N) is 1. The van der Waals surface area contributed by atoms with Crippen molar-refractivity contribution >= 4 is 6.20 Å². The van der Waals surface area contributed by atoms with Gasteiger partial charge in [0.25, 0.3) is 0 Å². The molecule has 0 saturated carbocycles. The van der Waals surface area contributed by atoms with Gasteiger partial charge in [0.15, 0.2) is 0 Å². The quantitative estimate of drug-likeness (QED) is 0.336. The first kappa shape index (κ1) is 7.08. The Kier molecular flexibility index (Phi) is 1.65. The molecule has 1 heterocycles. The first-order valence-corrected chi connectivity index (χ1v) is 3.56. The Hall–Kier alpha value is -1.59. The van der Waals surface area contributed by atoms with Gasteiger partial charge in [0.2, 0.25) is 0 Å². The van der Waals surface area contributed by atoms with Crippen molar-refractivity contribution in [2.24, 2.45) is 10.9 Å². The van der Waals surface area contributed by atoms with Crippen LogP contribution in [0, 0.1) is 0 Å². The van der Waals surface area contributed by atoms with Crippen LogP contribution in [0.5, 0.6) is 0 Å². The molecule has 0 amide bonds. The normalized spacial score (nSPS) is 13.9. The first-order valence-electron chi connectivity index (χ1n) is 3.56. The van der Waals surface area contributed by atoms with E-state index in [4.69, 9.17) is 5.84 Å². The lowest BCUT2D eigenvalue weighted by molar-refractivity contribution is 0.211. The van der Waals surface area contributed by atoms with Crippen LogP contribution in [-0.4, -0.2) is 5.12 Å². The van der Waals surface area contributed by atoms with Crippen molar-refractivity contribution in [2.45, 2.75) is 0 Å². The second-order valence-electron chi connectivity index (χ2n) is 2.40. The zero-order valence-electron chi connectivity index (χ0n) is 6.36. The molecule has 0 atom stereocenters. The molecule has 0 unspecified atom stereocenters. The Morgan fingerprint density at radius 3 is 3.08 bits per heavy atom. The van der Waals surface area contributed by atoms with E-state index in [9.17, 15) is 0 Å². The number of para-hydroxylation sites is 1. The minimum atomic E-state index is 0.906. The van der Waals surface area contributed by atoms with Crippen molar-refractivity contribution in [3.63, 3.8) is 0 Å². The summed E-state index contributed by atoms with van der Waals surface area (Å²) in [6, 6.07) is 7.77. The van der Waals surface area contributed by atoms with Crippen LogP contribution in [0.15, 0.2) is 29.4 Å². The van der Waals surface area contributed by atoms with Gasteiger partial charge in [-0.25, -0.2) is 5.53 Å². The molecule has 1 aliphatic heterocycles. The van der Waals surface area contributed by atoms with E-state index in [0.717, 1.165) is 10.6 Å². The van der Waals surface area contributed by atoms with Crippen molar-refractivity contribution in [3.05, 3.63) is 34.8 Å². The highest BCUT2D eigenvalue weighted by Crippen LogP contribution is 1.79. The van der Waals surface area contributed by atoms with Gasteiger partial charge >= 0.3 is 0 Å². The molecule has 1 aliphatic rings. The highest BCUT2D eigenvalue weighted by Gasteiger charge is 1.97. The number of hydrazine groups is 3. The van der Waals surface area contributed by atoms with Crippen molar-refractivity contribution in [1.82, 2.24) is 16.2 Å². The number of hydrogen-bond donors (Lipinski definition) is 3. The van der Waals surface area contributed by atoms with Gasteiger partial charge in [-0.15, -0.1) is 0 Å². The van der Waals surface area contributed by atoms with Crippen molar-refractivity contribution in [1.29, 1.82) is 0 Å². The van der Waals surface area contributed by atoms with E-state index in [0.29, 0.717) is 0 Å². The second kappa shape index (κ2) is 2.80. The first-order chi connectivity index (χ1) is 5.90. The van der Waals surface area contributed by atoms with E-state index in [-0.39, 0.29) is 0 Å². The molecular weight excluding hydrogens is 154 g/mol. The molecule has 5 heteroatoms. The van der Waals surface area contributed by atoms with E-state index in [1.165, 1.54) is 5.12 Å². The molecule has 0 radical (unpaired) electrons. The molecule has 2 rings (SSSR count). The number of hydrogen-bond acceptors (Lipinski definition) is 5. The van der Waals surface area contributed by atoms with E-state index < -0.39 is 0 Å². The summed E-state index contributed by atoms with van der Waals surface area (Å²) in [5.74, 6) is 5.18. The molecular formula is C7H9N5. The maximum absolute atomic E-state index is 5.18. The third-order valence-electron chi connectivity index (χ3n) is 1.62. The lowest BCUT2D eigenvalue weighted by Crippen LogP contribution is -2.51. The zero-order valence-corrected chi connectivity index (χ0v) is 6.36. The number of nitrogens with zero attached hydrogens (tertiary/aromatic N) is 2. The summed E-state index contributed by atoms with van der Waals surface area (Å²) in [5, 5.41) is 7.45. The summed E-state index contributed by atoms with van der Waals surface area (Å²) in [7, 11) is 0. The van der Waals surface area contributed by atoms with Crippen LogP contribution >= 0.6 is 0 Å². The summed E-state index contributed by atoms with van der Waals surface area (Å²) in [6.45, 7) is 0. The molecule has 62 valence electrons. The molecule has 1 aromatic carbocycles. The molecule has 5 nitrogen and oxygen atoms in total. The molecule has 0 aromatic heterocycles. The Labute approximate surface area is 69.1 Å². The third kappa shape index (κ3) is 1.11. The third-order valence-corrected chi connectivity index (χ3v) is 1.62. The molecule has 0 fully saturated rings. The van der Waals surface area contributed by atoms with E-state index in [1.54, 1.807) is 0 Å². The van der Waals surface area contributed by atoms with E-state index in [1.807, 2.05) is 30.5 Å². The van der Waals surface area contributed by atoms with Crippen LogP contribution in [0.2, 0.25) is 0 Å². The van der Waals surface area contributed by atoms with Crippen molar-refractivity contribution in [3.8, 4) is 0 Å². The van der Waals surface area contributed by atoms with Crippen LogP contribution in [0.4, 0.5) is 0 Å². The highest BCUT2D eigenvalue weighted by atomic mass is 15.9. The summed E-state index contributed by atoms with van der Waals surface area (Å²) < 4.78 is 0. The number of benzene rings is 1. The summed E-state index contributed by atoms with van der Waals surface area (Å²) >= 11 is 0. The SMILES string of the molecule is NNN1C=c2ccccc2=NN1. The Balaban J connectivity index is 2.56. The summed E-state index contributed by atoms with van der Waals surface area (Å²) in [5.41, 5.74) is 5.11. The monoisotopic (exact) mass is 163 g/mol. The maximum Gasteiger partial charge on any atom is 0.0938 e. The second-order valence-corrected chi connectivity index (χ2v) is 2.40. The number of rotatable bonds is 1. The minimum absolute atomic E-state index is 0.906. The van der Waals surface area contributed by atoms with Gasteiger partial charge in [-0.3, -0.25) is 5.84 Å². The fraction of sp³-hybridized carbons (Fsp3) is 0. The van der Waals surface area contributed by atoms with Gasteiger partial charge in [-0.1, -0.05) is 18.2 Å². The Morgan fingerprint density at radius 1 is 1.42 bits per heavy atom. The molecule has 12 heavy (non-hydrogen) atoms. The van der Waals surface area contributed by atoms with Crippen molar-refractivity contribution in [2.75, 3.05) is 0 Å². The summed E-state index contributed by atoms with van der Waals surface area (Å²) in [4.78, 5) is 0. The Bertz CT molecular complexity index is 385. The minimum Gasteiger partial charge on any atom is -0.252 e. The highest BCUT2D eigenvalue weighted by molar-refractivity contribution is 5.21. The predicted octanol–water partition coefficient (Wildman–Crippen LogP) is -1.84. The standard InChI is InChI=1S/C7H9N5/c8-10-12-5-6-3-1-2-4-7(6)9-11-12/h1-5,10-11H,8H2. The molecule has 0 spiro atoms. The van der Waals surface area contributed by atoms with Crippen LogP contribution in [-0.2, 0) is 0 Å². The average molecular weight is 163 g/mol. The number of fused-ring (bicyclic) bond motifs is 1. The largest absolute Gasteiger partial charge is 0.252 e. The molecule has 0 bridgehead atoms. The van der Waals surface area contributed by atoms with Crippen LogP contribution in [0.3, 0.4) is 0 Å². The molecule has 4 N–H and O–H groups in total. The maximum atomic E-state index is 5.18. The van der Waals surface area contributed by atoms with Gasteiger partial charge in [0, 0.05) is 5.22 Å². The van der Waals surface area contributed by atoms with Crippen LogP contribution < -0.4 is 27.5 Å². The van der Waals surface area contributed by atoms with Gasteiger partial charge in [-0.05, 0) is 6.07 Å². The summed E-state index contributed by atoms with van der Waals surface area (Å²) in [6.07, 6.45) is 1.82. The topological polar surface area (TPSA) is 65.7 Å². The van der Waals surface area contributed by atoms with Crippen LogP contribution in [0.1, 0.15) is 0 Å². The van der Waals surface area contributed by atoms with Gasteiger partial charge < -0.3 is 0 Å².